The molecular formula is C13H21NO6. The topological polar surface area (TPSA) is 85.3 Å². The molecule has 0 saturated carbocycles. The summed E-state index contributed by atoms with van der Waals surface area (Å²) < 4.78 is 16.4. The lowest BCUT2D eigenvalue weighted by Crippen LogP contribution is -2.69. The van der Waals surface area contributed by atoms with Gasteiger partial charge in [0.1, 0.15) is 11.2 Å². The van der Waals surface area contributed by atoms with Gasteiger partial charge in [0, 0.05) is 0 Å². The van der Waals surface area contributed by atoms with Gasteiger partial charge in [0.2, 0.25) is 0 Å². The van der Waals surface area contributed by atoms with E-state index in [2.05, 4.69) is 0 Å². The fourth-order valence-electron chi connectivity index (χ4n) is 2.23. The number of carboxylic acids is 1. The van der Waals surface area contributed by atoms with Crippen LogP contribution in [0.2, 0.25) is 0 Å². The molecule has 0 bridgehead atoms. The maximum atomic E-state index is 11.8. The number of rotatable bonds is 2. The van der Waals surface area contributed by atoms with Gasteiger partial charge in [0.15, 0.2) is 0 Å². The third-order valence-corrected chi connectivity index (χ3v) is 3.17. The third-order valence-electron chi connectivity index (χ3n) is 3.17. The van der Waals surface area contributed by atoms with Crippen molar-refractivity contribution in [1.82, 2.24) is 4.90 Å². The maximum absolute atomic E-state index is 11.8. The van der Waals surface area contributed by atoms with Crippen molar-refractivity contribution in [3.63, 3.8) is 0 Å². The molecule has 0 radical (unpaired) electrons. The minimum absolute atomic E-state index is 0.0636. The van der Waals surface area contributed by atoms with Crippen molar-refractivity contribution in [1.29, 1.82) is 0 Å². The molecule has 2 heterocycles. The molecule has 2 fully saturated rings. The third kappa shape index (κ3) is 3.61. The zero-order valence-corrected chi connectivity index (χ0v) is 12.0. The Morgan fingerprint density at radius 2 is 2.05 bits per heavy atom. The highest BCUT2D eigenvalue weighted by molar-refractivity contribution is 5.69. The van der Waals surface area contributed by atoms with Crippen LogP contribution in [0.5, 0.6) is 0 Å². The van der Waals surface area contributed by atoms with Crippen LogP contribution in [0.3, 0.4) is 0 Å². The van der Waals surface area contributed by atoms with Crippen molar-refractivity contribution >= 4 is 12.1 Å². The molecule has 7 heteroatoms. The number of aliphatic carboxylic acids is 1. The van der Waals surface area contributed by atoms with E-state index in [0.717, 1.165) is 0 Å². The smallest absolute Gasteiger partial charge is 0.410 e. The van der Waals surface area contributed by atoms with E-state index in [-0.39, 0.29) is 19.1 Å². The Balaban J connectivity index is 1.76. The average molecular weight is 287 g/mol. The molecule has 2 saturated heterocycles. The zero-order chi connectivity index (χ0) is 15.0. The molecule has 114 valence electrons. The SMILES string of the molecule is CC(C)(C)OC(=O)N1CC2(COC(CC(=O)O)CO2)C1. The first-order valence-electron chi connectivity index (χ1n) is 6.64. The second-order valence-corrected chi connectivity index (χ2v) is 6.36. The number of carbonyl (C=O) groups is 2. The summed E-state index contributed by atoms with van der Waals surface area (Å²) in [6.45, 7) is 6.84. The zero-order valence-electron chi connectivity index (χ0n) is 12.0. The van der Waals surface area contributed by atoms with Crippen molar-refractivity contribution in [2.45, 2.75) is 44.5 Å². The van der Waals surface area contributed by atoms with Crippen LogP contribution in [0, 0.1) is 0 Å². The van der Waals surface area contributed by atoms with E-state index in [4.69, 9.17) is 19.3 Å². The molecule has 0 aromatic heterocycles. The minimum atomic E-state index is -0.904. The molecule has 2 rings (SSSR count). The lowest BCUT2D eigenvalue weighted by Gasteiger charge is -2.51. The Kier molecular flexibility index (Phi) is 3.93. The number of ether oxygens (including phenoxy) is 3. The highest BCUT2D eigenvalue weighted by atomic mass is 16.6. The van der Waals surface area contributed by atoms with E-state index in [9.17, 15) is 9.59 Å². The van der Waals surface area contributed by atoms with Gasteiger partial charge >= 0.3 is 12.1 Å². The summed E-state index contributed by atoms with van der Waals surface area (Å²) >= 11 is 0. The Morgan fingerprint density at radius 3 is 2.50 bits per heavy atom. The van der Waals surface area contributed by atoms with Crippen LogP contribution in [0.4, 0.5) is 4.79 Å². The molecule has 0 aromatic carbocycles. The van der Waals surface area contributed by atoms with Gasteiger partial charge in [-0.15, -0.1) is 0 Å². The minimum Gasteiger partial charge on any atom is -0.481 e. The van der Waals surface area contributed by atoms with Crippen LogP contribution in [-0.2, 0) is 19.0 Å². The van der Waals surface area contributed by atoms with Crippen LogP contribution >= 0.6 is 0 Å². The molecule has 7 nitrogen and oxygen atoms in total. The number of amides is 1. The molecule has 1 N–H and O–H groups in total. The van der Waals surface area contributed by atoms with E-state index < -0.39 is 23.3 Å². The molecule has 2 aliphatic rings. The van der Waals surface area contributed by atoms with Gasteiger partial charge < -0.3 is 24.2 Å². The van der Waals surface area contributed by atoms with E-state index in [1.54, 1.807) is 4.90 Å². The molecule has 1 atom stereocenters. The van der Waals surface area contributed by atoms with Gasteiger partial charge in [-0.25, -0.2) is 4.79 Å². The highest BCUT2D eigenvalue weighted by Crippen LogP contribution is 2.31. The lowest BCUT2D eigenvalue weighted by molar-refractivity contribution is -0.236. The van der Waals surface area contributed by atoms with Gasteiger partial charge in [0.25, 0.3) is 0 Å². The second kappa shape index (κ2) is 5.21. The summed E-state index contributed by atoms with van der Waals surface area (Å²) in [7, 11) is 0. The van der Waals surface area contributed by atoms with Crippen LogP contribution in [-0.4, -0.2) is 65.7 Å². The van der Waals surface area contributed by atoms with Gasteiger partial charge in [-0.3, -0.25) is 4.79 Å². The number of hydrogen-bond donors (Lipinski definition) is 1. The number of carbonyl (C=O) groups excluding carboxylic acids is 1. The van der Waals surface area contributed by atoms with Gasteiger partial charge in [-0.05, 0) is 20.8 Å². The van der Waals surface area contributed by atoms with Gasteiger partial charge in [-0.1, -0.05) is 0 Å². The normalized spacial score (nSPS) is 25.1. The fraction of sp³-hybridized carbons (Fsp3) is 0.846. The van der Waals surface area contributed by atoms with Crippen molar-refractivity contribution < 1.29 is 28.9 Å². The summed E-state index contributed by atoms with van der Waals surface area (Å²) in [5.41, 5.74) is -1.01. The summed E-state index contributed by atoms with van der Waals surface area (Å²) in [6.07, 6.45) is -0.834. The van der Waals surface area contributed by atoms with E-state index in [1.165, 1.54) is 0 Å². The summed E-state index contributed by atoms with van der Waals surface area (Å²) in [4.78, 5) is 23.9. The van der Waals surface area contributed by atoms with Crippen LogP contribution in [0.1, 0.15) is 27.2 Å². The monoisotopic (exact) mass is 287 g/mol. The first-order chi connectivity index (χ1) is 9.19. The fourth-order valence-corrected chi connectivity index (χ4v) is 2.23. The predicted molar refractivity (Wildman–Crippen MR) is 68.5 cm³/mol. The van der Waals surface area contributed by atoms with Crippen molar-refractivity contribution in [3.8, 4) is 0 Å². The molecule has 2 aliphatic heterocycles. The van der Waals surface area contributed by atoms with Crippen molar-refractivity contribution in [3.05, 3.63) is 0 Å². The number of likely N-dealkylation sites (tertiary alicyclic amines) is 1. The summed E-state index contributed by atoms with van der Waals surface area (Å²) in [5, 5.41) is 8.69. The molecule has 1 amide bonds. The number of nitrogens with zero attached hydrogens (tertiary/aromatic N) is 1. The van der Waals surface area contributed by atoms with Gasteiger partial charge in [0.05, 0.1) is 38.8 Å². The van der Waals surface area contributed by atoms with Crippen molar-refractivity contribution in [2.75, 3.05) is 26.3 Å². The van der Waals surface area contributed by atoms with Gasteiger partial charge in [-0.2, -0.15) is 0 Å². The molecule has 1 spiro atoms. The van der Waals surface area contributed by atoms with Crippen LogP contribution in [0.15, 0.2) is 0 Å². The number of hydrogen-bond acceptors (Lipinski definition) is 5. The molecular weight excluding hydrogens is 266 g/mol. The lowest BCUT2D eigenvalue weighted by atomic mass is 9.94. The van der Waals surface area contributed by atoms with Crippen LogP contribution in [0.25, 0.3) is 0 Å². The van der Waals surface area contributed by atoms with Crippen LogP contribution < -0.4 is 0 Å². The number of carboxylic acid groups (broad SMARTS) is 1. The van der Waals surface area contributed by atoms with E-state index >= 15 is 0 Å². The second-order valence-electron chi connectivity index (χ2n) is 6.36. The predicted octanol–water partition coefficient (Wildman–Crippen LogP) is 0.866. The quantitative estimate of drug-likeness (QED) is 0.811. The molecule has 1 unspecified atom stereocenters. The Morgan fingerprint density at radius 1 is 1.40 bits per heavy atom. The summed E-state index contributed by atoms with van der Waals surface area (Å²) in [6, 6.07) is 0. The summed E-state index contributed by atoms with van der Waals surface area (Å²) in [5.74, 6) is -0.904. The largest absolute Gasteiger partial charge is 0.481 e. The standard InChI is InChI=1S/C13H21NO6/c1-12(2,3)20-11(17)14-6-13(7-14)8-18-9(5-19-13)4-10(15)16/h9H,4-8H2,1-3H3,(H,15,16). The average Bonchev–Trinajstić information content (AvgIpc) is 2.24. The van der Waals surface area contributed by atoms with E-state index in [1.807, 2.05) is 20.8 Å². The molecule has 20 heavy (non-hydrogen) atoms. The molecule has 0 aromatic rings. The maximum Gasteiger partial charge on any atom is 0.410 e. The Labute approximate surface area is 117 Å². The first-order valence-corrected chi connectivity index (χ1v) is 6.64. The first kappa shape index (κ1) is 15.1. The highest BCUT2D eigenvalue weighted by Gasteiger charge is 2.50. The van der Waals surface area contributed by atoms with E-state index in [0.29, 0.717) is 19.7 Å². The Hall–Kier alpha value is -1.34. The molecule has 0 aliphatic carbocycles. The Bertz CT molecular complexity index is 386. The van der Waals surface area contributed by atoms with Crippen molar-refractivity contribution in [2.24, 2.45) is 0 Å².